The lowest BCUT2D eigenvalue weighted by atomic mass is 9.97. The topological polar surface area (TPSA) is 39.1 Å². The molecule has 0 aromatic rings. The summed E-state index contributed by atoms with van der Waals surface area (Å²) >= 11 is 0. The minimum absolute atomic E-state index is 0.0197. The monoisotopic (exact) mass is 223 g/mol. The van der Waals surface area contributed by atoms with E-state index in [1.54, 1.807) is 0 Å². The Morgan fingerprint density at radius 1 is 1.38 bits per heavy atom. The molecule has 1 rings (SSSR count). The van der Waals surface area contributed by atoms with Gasteiger partial charge in [-0.3, -0.25) is 4.90 Å². The number of nitrogens with zero attached hydrogens (tertiary/aromatic N) is 2. The van der Waals surface area contributed by atoms with Gasteiger partial charge in [-0.15, -0.1) is 0 Å². The third kappa shape index (κ3) is 3.77. The van der Waals surface area contributed by atoms with Crippen LogP contribution < -0.4 is 5.32 Å². The first-order chi connectivity index (χ1) is 7.69. The zero-order valence-corrected chi connectivity index (χ0v) is 10.9. The Bertz CT molecular complexity index is 224. The third-order valence-electron chi connectivity index (χ3n) is 3.66. The SMILES string of the molecule is CCNC(C#N)CCN1[C@H](C)CCC[C@@H]1C. The minimum atomic E-state index is 0.0197. The molecule has 1 heterocycles. The van der Waals surface area contributed by atoms with E-state index in [1.807, 2.05) is 0 Å². The Kier molecular flexibility index (Phi) is 5.79. The molecule has 0 saturated carbocycles. The highest BCUT2D eigenvalue weighted by molar-refractivity contribution is 4.91. The van der Waals surface area contributed by atoms with Crippen molar-refractivity contribution in [1.82, 2.24) is 10.2 Å². The number of nitrogens with one attached hydrogen (secondary N) is 1. The number of rotatable bonds is 5. The first-order valence-corrected chi connectivity index (χ1v) is 6.57. The Morgan fingerprint density at radius 3 is 2.50 bits per heavy atom. The molecule has 16 heavy (non-hydrogen) atoms. The summed E-state index contributed by atoms with van der Waals surface area (Å²) in [5, 5.41) is 12.2. The maximum Gasteiger partial charge on any atom is 0.0965 e. The van der Waals surface area contributed by atoms with Gasteiger partial charge in [0.25, 0.3) is 0 Å². The predicted octanol–water partition coefficient (Wildman–Crippen LogP) is 2.14. The second kappa shape index (κ2) is 6.88. The molecule has 3 atom stereocenters. The summed E-state index contributed by atoms with van der Waals surface area (Å²) in [6.07, 6.45) is 4.91. The average Bonchev–Trinajstić information content (AvgIpc) is 2.27. The minimum Gasteiger partial charge on any atom is -0.302 e. The van der Waals surface area contributed by atoms with Gasteiger partial charge in [-0.25, -0.2) is 0 Å². The molecule has 0 aromatic heterocycles. The molecule has 1 N–H and O–H groups in total. The normalized spacial score (nSPS) is 28.6. The molecule has 1 aliphatic rings. The van der Waals surface area contributed by atoms with Crippen LogP contribution in [0.25, 0.3) is 0 Å². The van der Waals surface area contributed by atoms with E-state index in [4.69, 9.17) is 5.26 Å². The maximum atomic E-state index is 8.99. The van der Waals surface area contributed by atoms with Gasteiger partial charge in [-0.1, -0.05) is 13.3 Å². The highest BCUT2D eigenvalue weighted by Gasteiger charge is 2.24. The average molecular weight is 223 g/mol. The Morgan fingerprint density at radius 2 is 2.00 bits per heavy atom. The van der Waals surface area contributed by atoms with E-state index < -0.39 is 0 Å². The standard InChI is InChI=1S/C13H25N3/c1-4-15-13(10-14)8-9-16-11(2)6-5-7-12(16)3/h11-13,15H,4-9H2,1-3H3/t11-,12+,13?. The van der Waals surface area contributed by atoms with Gasteiger partial charge in [-0.05, 0) is 39.7 Å². The molecule has 1 fully saturated rings. The largest absolute Gasteiger partial charge is 0.302 e. The van der Waals surface area contributed by atoms with Crippen LogP contribution in [0.4, 0.5) is 0 Å². The lowest BCUT2D eigenvalue weighted by Gasteiger charge is -2.39. The van der Waals surface area contributed by atoms with E-state index in [0.29, 0.717) is 12.1 Å². The van der Waals surface area contributed by atoms with Crippen LogP contribution in [0.3, 0.4) is 0 Å². The number of likely N-dealkylation sites (tertiary alicyclic amines) is 1. The van der Waals surface area contributed by atoms with Crippen molar-refractivity contribution in [2.45, 2.75) is 64.6 Å². The van der Waals surface area contributed by atoms with E-state index >= 15 is 0 Å². The van der Waals surface area contributed by atoms with Crippen LogP contribution in [0.5, 0.6) is 0 Å². The van der Waals surface area contributed by atoms with Gasteiger partial charge in [0.05, 0.1) is 12.1 Å². The van der Waals surface area contributed by atoms with Crippen molar-refractivity contribution in [3.8, 4) is 6.07 Å². The molecular formula is C13H25N3. The van der Waals surface area contributed by atoms with Gasteiger partial charge in [0.2, 0.25) is 0 Å². The second-order valence-electron chi connectivity index (χ2n) is 4.89. The van der Waals surface area contributed by atoms with Crippen molar-refractivity contribution in [3.63, 3.8) is 0 Å². The fourth-order valence-electron chi connectivity index (χ4n) is 2.65. The number of piperidine rings is 1. The van der Waals surface area contributed by atoms with Crippen LogP contribution in [0.1, 0.15) is 46.5 Å². The van der Waals surface area contributed by atoms with Crippen molar-refractivity contribution < 1.29 is 0 Å². The zero-order valence-electron chi connectivity index (χ0n) is 10.9. The van der Waals surface area contributed by atoms with Crippen LogP contribution in [-0.4, -0.2) is 36.1 Å². The van der Waals surface area contributed by atoms with Crippen LogP contribution in [0.15, 0.2) is 0 Å². The van der Waals surface area contributed by atoms with E-state index in [9.17, 15) is 0 Å². The quantitative estimate of drug-likeness (QED) is 0.776. The number of hydrogen-bond acceptors (Lipinski definition) is 3. The van der Waals surface area contributed by atoms with E-state index in [-0.39, 0.29) is 6.04 Å². The van der Waals surface area contributed by atoms with E-state index in [1.165, 1.54) is 19.3 Å². The molecule has 0 amide bonds. The van der Waals surface area contributed by atoms with Crippen LogP contribution in [0.2, 0.25) is 0 Å². The van der Waals surface area contributed by atoms with Crippen molar-refractivity contribution in [3.05, 3.63) is 0 Å². The van der Waals surface area contributed by atoms with Gasteiger partial charge in [0.1, 0.15) is 0 Å². The maximum absolute atomic E-state index is 8.99. The van der Waals surface area contributed by atoms with Gasteiger partial charge in [0, 0.05) is 18.6 Å². The first-order valence-electron chi connectivity index (χ1n) is 6.57. The number of hydrogen-bond donors (Lipinski definition) is 1. The second-order valence-corrected chi connectivity index (χ2v) is 4.89. The van der Waals surface area contributed by atoms with Crippen LogP contribution in [-0.2, 0) is 0 Å². The van der Waals surface area contributed by atoms with Crippen LogP contribution in [0, 0.1) is 11.3 Å². The summed E-state index contributed by atoms with van der Waals surface area (Å²) in [6.45, 7) is 8.60. The summed E-state index contributed by atoms with van der Waals surface area (Å²) in [4.78, 5) is 2.56. The molecule has 92 valence electrons. The Labute approximate surface area is 99.8 Å². The van der Waals surface area contributed by atoms with Gasteiger partial charge >= 0.3 is 0 Å². The fraction of sp³-hybridized carbons (Fsp3) is 0.923. The smallest absolute Gasteiger partial charge is 0.0965 e. The van der Waals surface area contributed by atoms with Gasteiger partial charge in [-0.2, -0.15) is 5.26 Å². The molecular weight excluding hydrogens is 198 g/mol. The molecule has 1 aliphatic heterocycles. The predicted molar refractivity (Wildman–Crippen MR) is 67.2 cm³/mol. The van der Waals surface area contributed by atoms with E-state index in [2.05, 4.69) is 37.1 Å². The van der Waals surface area contributed by atoms with Gasteiger partial charge < -0.3 is 5.32 Å². The van der Waals surface area contributed by atoms with Crippen LogP contribution >= 0.6 is 0 Å². The summed E-state index contributed by atoms with van der Waals surface area (Å²) < 4.78 is 0. The van der Waals surface area contributed by atoms with Crippen molar-refractivity contribution >= 4 is 0 Å². The van der Waals surface area contributed by atoms with Crippen molar-refractivity contribution in [2.24, 2.45) is 0 Å². The molecule has 1 saturated heterocycles. The Balaban J connectivity index is 2.37. The summed E-state index contributed by atoms with van der Waals surface area (Å²) in [5.74, 6) is 0. The molecule has 0 aliphatic carbocycles. The molecule has 1 unspecified atom stereocenters. The fourth-order valence-corrected chi connectivity index (χ4v) is 2.65. The highest BCUT2D eigenvalue weighted by atomic mass is 15.2. The summed E-state index contributed by atoms with van der Waals surface area (Å²) in [6, 6.07) is 3.72. The van der Waals surface area contributed by atoms with Gasteiger partial charge in [0.15, 0.2) is 0 Å². The molecule has 0 radical (unpaired) electrons. The lowest BCUT2D eigenvalue weighted by molar-refractivity contribution is 0.100. The van der Waals surface area contributed by atoms with Crippen molar-refractivity contribution in [1.29, 1.82) is 5.26 Å². The van der Waals surface area contributed by atoms with Crippen molar-refractivity contribution in [2.75, 3.05) is 13.1 Å². The zero-order chi connectivity index (χ0) is 12.0. The molecule has 0 aromatic carbocycles. The molecule has 0 bridgehead atoms. The molecule has 3 heteroatoms. The molecule has 0 spiro atoms. The summed E-state index contributed by atoms with van der Waals surface area (Å²) in [7, 11) is 0. The number of nitriles is 1. The lowest BCUT2D eigenvalue weighted by Crippen LogP contribution is -2.45. The Hall–Kier alpha value is -0.590. The summed E-state index contributed by atoms with van der Waals surface area (Å²) in [5.41, 5.74) is 0. The molecule has 3 nitrogen and oxygen atoms in total. The highest BCUT2D eigenvalue weighted by Crippen LogP contribution is 2.22. The first kappa shape index (κ1) is 13.5. The van der Waals surface area contributed by atoms with E-state index in [0.717, 1.165) is 19.5 Å². The third-order valence-corrected chi connectivity index (χ3v) is 3.66.